The Morgan fingerprint density at radius 1 is 1.33 bits per heavy atom. The summed E-state index contributed by atoms with van der Waals surface area (Å²) in [6.45, 7) is 2.03. The first-order valence-corrected chi connectivity index (χ1v) is 6.01. The quantitative estimate of drug-likeness (QED) is 0.774. The third kappa shape index (κ3) is 1.20. The average molecular weight is 223 g/mol. The van der Waals surface area contributed by atoms with E-state index in [0.29, 0.717) is 11.8 Å². The van der Waals surface area contributed by atoms with Crippen molar-refractivity contribution in [1.82, 2.24) is 0 Å². The largest absolute Gasteiger partial charge is 0.385 e. The van der Waals surface area contributed by atoms with E-state index in [2.05, 4.69) is 0 Å². The molecule has 2 unspecified atom stereocenters. The number of halogens is 1. The highest BCUT2D eigenvalue weighted by molar-refractivity contribution is 6.30. The van der Waals surface area contributed by atoms with Crippen molar-refractivity contribution in [3.05, 3.63) is 34.3 Å². The summed E-state index contributed by atoms with van der Waals surface area (Å²) >= 11 is 5.93. The summed E-state index contributed by atoms with van der Waals surface area (Å²) < 4.78 is 0. The summed E-state index contributed by atoms with van der Waals surface area (Å²) in [5.41, 5.74) is 1.70. The molecule has 1 aromatic carbocycles. The van der Waals surface area contributed by atoms with Gasteiger partial charge in [0.15, 0.2) is 0 Å². The number of aryl methyl sites for hydroxylation is 1. The van der Waals surface area contributed by atoms with Gasteiger partial charge in [-0.15, -0.1) is 0 Å². The molecule has 0 aromatic heterocycles. The second kappa shape index (κ2) is 2.99. The highest BCUT2D eigenvalue weighted by Gasteiger charge is 2.66. The molecule has 2 heteroatoms. The van der Waals surface area contributed by atoms with Crippen LogP contribution in [0.5, 0.6) is 0 Å². The van der Waals surface area contributed by atoms with E-state index in [1.54, 1.807) is 0 Å². The SMILES string of the molecule is Cc1cc(Cl)ccc1C1(O)C2CCCC21. The molecule has 2 aliphatic rings. The molecule has 80 valence electrons. The van der Waals surface area contributed by atoms with Gasteiger partial charge >= 0.3 is 0 Å². The first-order chi connectivity index (χ1) is 7.14. The molecule has 2 atom stereocenters. The Labute approximate surface area is 95.1 Å². The summed E-state index contributed by atoms with van der Waals surface area (Å²) in [5, 5.41) is 11.4. The van der Waals surface area contributed by atoms with Crippen LogP contribution < -0.4 is 0 Å². The number of benzene rings is 1. The van der Waals surface area contributed by atoms with Crippen molar-refractivity contribution in [2.45, 2.75) is 31.8 Å². The molecule has 15 heavy (non-hydrogen) atoms. The van der Waals surface area contributed by atoms with Crippen molar-refractivity contribution in [2.24, 2.45) is 11.8 Å². The predicted octanol–water partition coefficient (Wildman–Crippen LogP) is 3.27. The van der Waals surface area contributed by atoms with Gasteiger partial charge in [0.2, 0.25) is 0 Å². The summed E-state index contributed by atoms with van der Waals surface area (Å²) in [4.78, 5) is 0. The molecule has 2 aliphatic carbocycles. The van der Waals surface area contributed by atoms with Gasteiger partial charge in [0.1, 0.15) is 0 Å². The van der Waals surface area contributed by atoms with Crippen LogP contribution in [0, 0.1) is 18.8 Å². The van der Waals surface area contributed by atoms with Gasteiger partial charge < -0.3 is 5.11 Å². The van der Waals surface area contributed by atoms with E-state index < -0.39 is 5.60 Å². The number of rotatable bonds is 1. The fraction of sp³-hybridized carbons (Fsp3) is 0.538. The minimum Gasteiger partial charge on any atom is -0.385 e. The minimum atomic E-state index is -0.521. The van der Waals surface area contributed by atoms with Gasteiger partial charge in [-0.2, -0.15) is 0 Å². The fourth-order valence-electron chi connectivity index (χ4n) is 3.40. The van der Waals surface area contributed by atoms with Crippen LogP contribution in [-0.4, -0.2) is 5.11 Å². The molecule has 0 bridgehead atoms. The fourth-order valence-corrected chi connectivity index (χ4v) is 3.62. The van der Waals surface area contributed by atoms with E-state index >= 15 is 0 Å². The van der Waals surface area contributed by atoms with Gasteiger partial charge in [0.25, 0.3) is 0 Å². The molecule has 0 heterocycles. The molecule has 1 aromatic rings. The van der Waals surface area contributed by atoms with E-state index in [1.807, 2.05) is 25.1 Å². The van der Waals surface area contributed by atoms with Crippen molar-refractivity contribution in [3.8, 4) is 0 Å². The van der Waals surface area contributed by atoms with Gasteiger partial charge in [-0.3, -0.25) is 0 Å². The molecule has 1 nitrogen and oxygen atoms in total. The lowest BCUT2D eigenvalue weighted by atomic mass is 9.95. The zero-order valence-electron chi connectivity index (χ0n) is 8.83. The Balaban J connectivity index is 2.00. The second-order valence-electron chi connectivity index (χ2n) is 4.93. The second-order valence-corrected chi connectivity index (χ2v) is 5.36. The zero-order chi connectivity index (χ0) is 10.6. The highest BCUT2D eigenvalue weighted by Crippen LogP contribution is 2.66. The first-order valence-electron chi connectivity index (χ1n) is 5.63. The Hall–Kier alpha value is -0.530. The van der Waals surface area contributed by atoms with Crippen molar-refractivity contribution in [2.75, 3.05) is 0 Å². The predicted molar refractivity (Wildman–Crippen MR) is 60.9 cm³/mol. The summed E-state index contributed by atoms with van der Waals surface area (Å²) in [6.07, 6.45) is 3.65. The normalized spacial score (nSPS) is 37.8. The molecule has 2 saturated carbocycles. The Kier molecular flexibility index (Phi) is 1.93. The van der Waals surface area contributed by atoms with Crippen LogP contribution in [0.2, 0.25) is 5.02 Å². The lowest BCUT2D eigenvalue weighted by Crippen LogP contribution is -2.14. The van der Waals surface area contributed by atoms with Gasteiger partial charge in [0, 0.05) is 5.02 Å². The van der Waals surface area contributed by atoms with Crippen LogP contribution in [0.1, 0.15) is 30.4 Å². The van der Waals surface area contributed by atoms with Gasteiger partial charge in [-0.25, -0.2) is 0 Å². The van der Waals surface area contributed by atoms with Crippen molar-refractivity contribution in [1.29, 1.82) is 0 Å². The Morgan fingerprint density at radius 2 is 2.00 bits per heavy atom. The lowest BCUT2D eigenvalue weighted by molar-refractivity contribution is 0.105. The topological polar surface area (TPSA) is 20.2 Å². The average Bonchev–Trinajstić information content (AvgIpc) is 2.63. The van der Waals surface area contributed by atoms with Crippen molar-refractivity contribution in [3.63, 3.8) is 0 Å². The molecular formula is C13H15ClO. The zero-order valence-corrected chi connectivity index (χ0v) is 9.59. The maximum atomic E-state index is 10.6. The van der Waals surface area contributed by atoms with E-state index in [-0.39, 0.29) is 0 Å². The number of aliphatic hydroxyl groups is 1. The minimum absolute atomic E-state index is 0.511. The number of hydrogen-bond donors (Lipinski definition) is 1. The van der Waals surface area contributed by atoms with Crippen LogP contribution >= 0.6 is 11.6 Å². The Morgan fingerprint density at radius 3 is 2.60 bits per heavy atom. The van der Waals surface area contributed by atoms with E-state index in [0.717, 1.165) is 16.1 Å². The molecule has 0 aliphatic heterocycles. The van der Waals surface area contributed by atoms with Crippen LogP contribution in [0.25, 0.3) is 0 Å². The van der Waals surface area contributed by atoms with Crippen LogP contribution in [0.3, 0.4) is 0 Å². The smallest absolute Gasteiger partial charge is 0.0962 e. The van der Waals surface area contributed by atoms with Crippen LogP contribution in [0.4, 0.5) is 0 Å². The maximum absolute atomic E-state index is 10.6. The molecular weight excluding hydrogens is 208 g/mol. The van der Waals surface area contributed by atoms with Crippen molar-refractivity contribution < 1.29 is 5.11 Å². The molecule has 0 spiro atoms. The molecule has 0 saturated heterocycles. The van der Waals surface area contributed by atoms with E-state index in [9.17, 15) is 5.11 Å². The van der Waals surface area contributed by atoms with Gasteiger partial charge in [-0.1, -0.05) is 24.1 Å². The van der Waals surface area contributed by atoms with Crippen LogP contribution in [-0.2, 0) is 5.60 Å². The number of hydrogen-bond acceptors (Lipinski definition) is 1. The molecule has 3 rings (SSSR count). The Bertz CT molecular complexity index is 403. The van der Waals surface area contributed by atoms with E-state index in [4.69, 9.17) is 11.6 Å². The number of fused-ring (bicyclic) bond motifs is 1. The molecule has 1 N–H and O–H groups in total. The monoisotopic (exact) mass is 222 g/mol. The van der Waals surface area contributed by atoms with Gasteiger partial charge in [0.05, 0.1) is 5.60 Å². The highest BCUT2D eigenvalue weighted by atomic mass is 35.5. The summed E-state index contributed by atoms with van der Waals surface area (Å²) in [7, 11) is 0. The molecule has 2 fully saturated rings. The molecule has 0 amide bonds. The van der Waals surface area contributed by atoms with E-state index in [1.165, 1.54) is 19.3 Å². The molecule has 0 radical (unpaired) electrons. The third-order valence-electron chi connectivity index (χ3n) is 4.16. The lowest BCUT2D eigenvalue weighted by Gasteiger charge is -2.17. The van der Waals surface area contributed by atoms with Crippen LogP contribution in [0.15, 0.2) is 18.2 Å². The summed E-state index contributed by atoms with van der Waals surface area (Å²) in [5.74, 6) is 1.02. The maximum Gasteiger partial charge on any atom is 0.0962 e. The standard InChI is InChI=1S/C13H15ClO/c1-8-7-9(14)5-6-10(8)13(15)11-3-2-4-12(11)13/h5-7,11-12,15H,2-4H2,1H3. The summed E-state index contributed by atoms with van der Waals surface area (Å²) in [6, 6.07) is 5.83. The van der Waals surface area contributed by atoms with Gasteiger partial charge in [-0.05, 0) is 54.9 Å². The first kappa shape index (κ1) is 9.68. The third-order valence-corrected chi connectivity index (χ3v) is 4.39. The van der Waals surface area contributed by atoms with Crippen molar-refractivity contribution >= 4 is 11.6 Å².